The minimum atomic E-state index is -4.81. The second-order valence-corrected chi connectivity index (χ2v) is 6.99. The van der Waals surface area contributed by atoms with Crippen LogP contribution >= 0.6 is 0 Å². The van der Waals surface area contributed by atoms with Crippen molar-refractivity contribution in [2.45, 2.75) is 26.6 Å². The molecule has 2 aromatic heterocycles. The smallest absolute Gasteiger partial charge is 0.311 e. The van der Waals surface area contributed by atoms with Crippen molar-refractivity contribution >= 4 is 28.1 Å². The molecule has 0 aliphatic rings. The Bertz CT molecular complexity index is 1350. The maximum Gasteiger partial charge on any atom is 0.453 e. The lowest BCUT2D eigenvalue weighted by atomic mass is 10.1. The van der Waals surface area contributed by atoms with Gasteiger partial charge in [-0.25, -0.2) is 0 Å². The average molecular weight is 429 g/mol. The number of aromatic nitrogens is 4. The third kappa shape index (κ3) is 3.65. The van der Waals surface area contributed by atoms with Crippen molar-refractivity contribution in [2.24, 2.45) is 0 Å². The summed E-state index contributed by atoms with van der Waals surface area (Å²) in [5.41, 5.74) is 0.249. The molecule has 31 heavy (non-hydrogen) atoms. The zero-order valence-corrected chi connectivity index (χ0v) is 16.7. The summed E-state index contributed by atoms with van der Waals surface area (Å²) in [4.78, 5) is 30.4. The number of alkyl halides is 3. The molecule has 0 radical (unpaired) electrons. The van der Waals surface area contributed by atoms with E-state index in [2.05, 4.69) is 10.1 Å². The highest BCUT2D eigenvalue weighted by atomic mass is 19.4. The molecule has 0 unspecified atom stereocenters. The van der Waals surface area contributed by atoms with E-state index in [1.807, 2.05) is 49.4 Å². The molecule has 160 valence electrons. The highest BCUT2D eigenvalue weighted by Crippen LogP contribution is 2.28. The Labute approximate surface area is 174 Å². The van der Waals surface area contributed by atoms with E-state index in [-0.39, 0.29) is 18.2 Å². The number of rotatable bonds is 4. The first-order chi connectivity index (χ1) is 14.7. The van der Waals surface area contributed by atoms with E-state index in [1.54, 1.807) is 4.90 Å². The molecule has 0 fully saturated rings. The molecule has 1 amide bonds. The standard InChI is InChI=1S/C21H18F3N5O2/c1-3-27(16-10-6-8-14-7-4-5-9-15(14)16)18(31)12-28-13(2)11-17(30)29-20(28)25-19(26-29)21(22,23)24/h4-11H,3,12H2,1-2H3. The molecule has 0 saturated carbocycles. The van der Waals surface area contributed by atoms with Gasteiger partial charge < -0.3 is 9.47 Å². The summed E-state index contributed by atoms with van der Waals surface area (Å²) in [7, 11) is 0. The summed E-state index contributed by atoms with van der Waals surface area (Å²) in [6.07, 6.45) is -4.81. The van der Waals surface area contributed by atoms with Gasteiger partial charge in [0.2, 0.25) is 11.7 Å². The monoisotopic (exact) mass is 429 g/mol. The van der Waals surface area contributed by atoms with Crippen LogP contribution in [0.1, 0.15) is 18.4 Å². The number of nitrogens with zero attached hydrogens (tertiary/aromatic N) is 5. The van der Waals surface area contributed by atoms with Crippen LogP contribution in [-0.2, 0) is 17.5 Å². The number of carbonyl (C=O) groups is 1. The summed E-state index contributed by atoms with van der Waals surface area (Å²) < 4.78 is 41.1. The molecule has 0 N–H and O–H groups in total. The Kier molecular flexibility index (Phi) is 5.00. The number of benzene rings is 2. The maximum absolute atomic E-state index is 13.2. The lowest BCUT2D eigenvalue weighted by Gasteiger charge is -2.24. The van der Waals surface area contributed by atoms with Crippen LogP contribution in [0.15, 0.2) is 53.3 Å². The summed E-state index contributed by atoms with van der Waals surface area (Å²) in [5, 5.41) is 5.12. The van der Waals surface area contributed by atoms with Crippen LogP contribution in [-0.4, -0.2) is 31.6 Å². The van der Waals surface area contributed by atoms with Gasteiger partial charge in [0, 0.05) is 23.7 Å². The predicted molar refractivity (Wildman–Crippen MR) is 109 cm³/mol. The van der Waals surface area contributed by atoms with Crippen LogP contribution < -0.4 is 10.5 Å². The third-order valence-corrected chi connectivity index (χ3v) is 5.02. The van der Waals surface area contributed by atoms with Crippen LogP contribution in [0.5, 0.6) is 0 Å². The van der Waals surface area contributed by atoms with Crippen LogP contribution in [0.3, 0.4) is 0 Å². The molecule has 0 saturated heterocycles. The molecular formula is C21H18F3N5O2. The normalized spacial score (nSPS) is 11.9. The van der Waals surface area contributed by atoms with Gasteiger partial charge in [0.1, 0.15) is 6.54 Å². The number of anilines is 1. The fraction of sp³-hybridized carbons (Fsp3) is 0.238. The first-order valence-electron chi connectivity index (χ1n) is 9.53. The van der Waals surface area contributed by atoms with Gasteiger partial charge in [-0.3, -0.25) is 9.59 Å². The van der Waals surface area contributed by atoms with E-state index in [9.17, 15) is 22.8 Å². The molecule has 0 aliphatic heterocycles. The largest absolute Gasteiger partial charge is 0.453 e. The second kappa shape index (κ2) is 7.53. The lowest BCUT2D eigenvalue weighted by Crippen LogP contribution is -2.35. The zero-order chi connectivity index (χ0) is 22.3. The minimum absolute atomic E-state index is 0.303. The Balaban J connectivity index is 1.78. The van der Waals surface area contributed by atoms with Crippen molar-refractivity contribution in [1.29, 1.82) is 0 Å². The number of fused-ring (bicyclic) bond motifs is 2. The number of hydrogen-bond donors (Lipinski definition) is 0. The van der Waals surface area contributed by atoms with Gasteiger partial charge in [0.25, 0.3) is 11.4 Å². The molecule has 0 spiro atoms. The fourth-order valence-electron chi connectivity index (χ4n) is 3.56. The van der Waals surface area contributed by atoms with Crippen LogP contribution in [0, 0.1) is 6.92 Å². The summed E-state index contributed by atoms with van der Waals surface area (Å²) in [6, 6.07) is 14.3. The van der Waals surface area contributed by atoms with Crippen molar-refractivity contribution in [3.63, 3.8) is 0 Å². The van der Waals surface area contributed by atoms with Gasteiger partial charge in [-0.15, -0.1) is 5.10 Å². The van der Waals surface area contributed by atoms with E-state index in [0.717, 1.165) is 16.8 Å². The molecule has 0 atom stereocenters. The summed E-state index contributed by atoms with van der Waals surface area (Å²) in [5.74, 6) is -2.12. The van der Waals surface area contributed by atoms with Crippen LogP contribution in [0.4, 0.5) is 18.9 Å². The van der Waals surface area contributed by atoms with Crippen molar-refractivity contribution in [2.75, 3.05) is 11.4 Å². The van der Waals surface area contributed by atoms with Gasteiger partial charge in [-0.2, -0.15) is 22.7 Å². The van der Waals surface area contributed by atoms with Crippen LogP contribution in [0.2, 0.25) is 0 Å². The topological polar surface area (TPSA) is 72.5 Å². The maximum atomic E-state index is 13.2. The number of aryl methyl sites for hydroxylation is 1. The van der Waals surface area contributed by atoms with Crippen molar-refractivity contribution in [3.8, 4) is 0 Å². The van der Waals surface area contributed by atoms with Crippen molar-refractivity contribution in [3.05, 3.63) is 70.4 Å². The van der Waals surface area contributed by atoms with Gasteiger partial charge in [0.15, 0.2) is 0 Å². The van der Waals surface area contributed by atoms with Crippen LogP contribution in [0.25, 0.3) is 16.6 Å². The second-order valence-electron chi connectivity index (χ2n) is 6.99. The molecule has 2 aromatic carbocycles. The quantitative estimate of drug-likeness (QED) is 0.498. The van der Waals surface area contributed by atoms with Crippen molar-refractivity contribution < 1.29 is 18.0 Å². The van der Waals surface area contributed by atoms with E-state index in [4.69, 9.17) is 0 Å². The minimum Gasteiger partial charge on any atom is -0.311 e. The van der Waals surface area contributed by atoms with Gasteiger partial charge >= 0.3 is 6.18 Å². The van der Waals surface area contributed by atoms with E-state index in [1.165, 1.54) is 11.5 Å². The molecule has 4 aromatic rings. The van der Waals surface area contributed by atoms with Gasteiger partial charge in [-0.1, -0.05) is 36.4 Å². The highest BCUT2D eigenvalue weighted by molar-refractivity contribution is 6.03. The highest BCUT2D eigenvalue weighted by Gasteiger charge is 2.37. The molecule has 10 heteroatoms. The number of halogens is 3. The first-order valence-corrected chi connectivity index (χ1v) is 9.53. The van der Waals surface area contributed by atoms with Gasteiger partial charge in [0.05, 0.1) is 5.69 Å². The number of carbonyl (C=O) groups excluding carboxylic acids is 1. The Hall–Kier alpha value is -3.69. The lowest BCUT2D eigenvalue weighted by molar-refractivity contribution is -0.144. The number of amides is 1. The van der Waals surface area contributed by atoms with Gasteiger partial charge in [-0.05, 0) is 25.3 Å². The Morgan fingerprint density at radius 2 is 1.84 bits per heavy atom. The average Bonchev–Trinajstić information content (AvgIpc) is 3.18. The molecular weight excluding hydrogens is 411 g/mol. The zero-order valence-electron chi connectivity index (χ0n) is 16.7. The van der Waals surface area contributed by atoms with E-state index in [0.29, 0.717) is 22.4 Å². The Morgan fingerprint density at radius 1 is 1.13 bits per heavy atom. The van der Waals surface area contributed by atoms with E-state index >= 15 is 0 Å². The van der Waals surface area contributed by atoms with E-state index < -0.39 is 17.6 Å². The molecule has 0 aliphatic carbocycles. The molecule has 2 heterocycles. The molecule has 4 rings (SSSR count). The van der Waals surface area contributed by atoms with Crippen molar-refractivity contribution in [1.82, 2.24) is 19.2 Å². The SMILES string of the molecule is CCN(C(=O)Cn1c(C)cc(=O)n2nc(C(F)(F)F)nc12)c1cccc2ccccc12. The number of likely N-dealkylation sites (N-methyl/N-ethyl adjacent to an activating group) is 1. The first kappa shape index (κ1) is 20.6. The predicted octanol–water partition coefficient (Wildman–Crippen LogP) is 3.42. The third-order valence-electron chi connectivity index (χ3n) is 5.02. The molecule has 7 nitrogen and oxygen atoms in total. The molecule has 0 bridgehead atoms. The summed E-state index contributed by atoms with van der Waals surface area (Å²) >= 11 is 0. The summed E-state index contributed by atoms with van der Waals surface area (Å²) in [6.45, 7) is 3.39. The number of hydrogen-bond acceptors (Lipinski definition) is 4. The Morgan fingerprint density at radius 3 is 2.55 bits per heavy atom. The fourth-order valence-corrected chi connectivity index (χ4v) is 3.56.